The summed E-state index contributed by atoms with van der Waals surface area (Å²) in [5.41, 5.74) is 6.40. The molecule has 1 aliphatic carbocycles. The standard InChI is InChI=1S/C16H27NOS/c1-13-8-11-19-14(13)15(2,18)16(12-17)9-6-4-3-5-7-10-16/h8,11,18H,3-7,9-10,12,17H2,1-2H3. The van der Waals surface area contributed by atoms with Gasteiger partial charge in [-0.2, -0.15) is 0 Å². The van der Waals surface area contributed by atoms with Crippen LogP contribution in [0.2, 0.25) is 0 Å². The molecule has 1 saturated carbocycles. The minimum atomic E-state index is -0.794. The van der Waals surface area contributed by atoms with Gasteiger partial charge in [-0.3, -0.25) is 0 Å². The van der Waals surface area contributed by atoms with E-state index in [0.29, 0.717) is 6.54 Å². The average molecular weight is 281 g/mol. The molecule has 3 heteroatoms. The van der Waals surface area contributed by atoms with Crippen LogP contribution in [0.4, 0.5) is 0 Å². The molecule has 1 atom stereocenters. The van der Waals surface area contributed by atoms with Crippen molar-refractivity contribution < 1.29 is 5.11 Å². The van der Waals surface area contributed by atoms with Crippen molar-refractivity contribution in [3.63, 3.8) is 0 Å². The fourth-order valence-electron chi connectivity index (χ4n) is 3.58. The van der Waals surface area contributed by atoms with Gasteiger partial charge in [0.1, 0.15) is 5.60 Å². The van der Waals surface area contributed by atoms with Gasteiger partial charge in [0, 0.05) is 16.8 Å². The second-order valence-corrected chi connectivity index (χ2v) is 7.17. The van der Waals surface area contributed by atoms with Gasteiger partial charge in [-0.05, 0) is 43.7 Å². The molecule has 108 valence electrons. The maximum Gasteiger partial charge on any atom is 0.103 e. The van der Waals surface area contributed by atoms with Gasteiger partial charge in [-0.15, -0.1) is 11.3 Å². The summed E-state index contributed by atoms with van der Waals surface area (Å²) in [6.07, 6.45) is 8.38. The Morgan fingerprint density at radius 3 is 2.32 bits per heavy atom. The summed E-state index contributed by atoms with van der Waals surface area (Å²) in [4.78, 5) is 1.11. The van der Waals surface area contributed by atoms with Crippen molar-refractivity contribution in [1.29, 1.82) is 0 Å². The normalized spacial score (nSPS) is 23.4. The first-order valence-electron chi connectivity index (χ1n) is 7.50. The van der Waals surface area contributed by atoms with E-state index in [1.54, 1.807) is 11.3 Å². The Balaban J connectivity index is 2.34. The number of hydrogen-bond acceptors (Lipinski definition) is 3. The third-order valence-corrected chi connectivity index (χ3v) is 6.27. The topological polar surface area (TPSA) is 46.2 Å². The van der Waals surface area contributed by atoms with E-state index in [9.17, 15) is 5.11 Å². The zero-order valence-electron chi connectivity index (χ0n) is 12.2. The fourth-order valence-corrected chi connectivity index (χ4v) is 4.69. The number of hydrogen-bond donors (Lipinski definition) is 2. The van der Waals surface area contributed by atoms with E-state index in [0.717, 1.165) is 17.7 Å². The van der Waals surface area contributed by atoms with Gasteiger partial charge in [0.25, 0.3) is 0 Å². The highest BCUT2D eigenvalue weighted by molar-refractivity contribution is 7.10. The third-order valence-electron chi connectivity index (χ3n) is 5.04. The lowest BCUT2D eigenvalue weighted by Crippen LogP contribution is -2.49. The SMILES string of the molecule is Cc1ccsc1C(C)(O)C1(CN)CCCCCCC1. The predicted molar refractivity (Wildman–Crippen MR) is 82.4 cm³/mol. The summed E-state index contributed by atoms with van der Waals surface area (Å²) in [6.45, 7) is 4.66. The maximum atomic E-state index is 11.3. The molecule has 0 radical (unpaired) electrons. The van der Waals surface area contributed by atoms with Gasteiger partial charge in [0.05, 0.1) is 0 Å². The van der Waals surface area contributed by atoms with Crippen LogP contribution in [0.15, 0.2) is 11.4 Å². The molecule has 1 aromatic heterocycles. The minimum Gasteiger partial charge on any atom is -0.384 e. The van der Waals surface area contributed by atoms with Crippen molar-refractivity contribution in [3.05, 3.63) is 21.9 Å². The lowest BCUT2D eigenvalue weighted by molar-refractivity contribution is -0.0840. The van der Waals surface area contributed by atoms with Gasteiger partial charge >= 0.3 is 0 Å². The van der Waals surface area contributed by atoms with Gasteiger partial charge in [-0.1, -0.05) is 32.1 Å². The van der Waals surface area contributed by atoms with E-state index in [4.69, 9.17) is 5.73 Å². The first-order valence-corrected chi connectivity index (χ1v) is 8.38. The lowest BCUT2D eigenvalue weighted by atomic mass is 9.64. The number of aryl methyl sites for hydroxylation is 1. The summed E-state index contributed by atoms with van der Waals surface area (Å²) in [5, 5.41) is 13.4. The Kier molecular flexibility index (Phi) is 4.70. The van der Waals surface area contributed by atoms with Crippen LogP contribution in [0.5, 0.6) is 0 Å². The van der Waals surface area contributed by atoms with Crippen LogP contribution < -0.4 is 5.73 Å². The van der Waals surface area contributed by atoms with Gasteiger partial charge < -0.3 is 10.8 Å². The highest BCUT2D eigenvalue weighted by atomic mass is 32.1. The first kappa shape index (κ1) is 15.0. The third kappa shape index (κ3) is 2.74. The van der Waals surface area contributed by atoms with Crippen molar-refractivity contribution in [2.24, 2.45) is 11.1 Å². The second kappa shape index (κ2) is 5.94. The monoisotopic (exact) mass is 281 g/mol. The Hall–Kier alpha value is -0.380. The van der Waals surface area contributed by atoms with Crippen molar-refractivity contribution >= 4 is 11.3 Å². The van der Waals surface area contributed by atoms with Crippen LogP contribution in [0.3, 0.4) is 0 Å². The molecule has 0 spiro atoms. The number of rotatable bonds is 3. The molecule has 19 heavy (non-hydrogen) atoms. The molecular formula is C16H27NOS. The van der Waals surface area contributed by atoms with E-state index in [1.165, 1.54) is 37.7 Å². The van der Waals surface area contributed by atoms with E-state index in [2.05, 4.69) is 18.4 Å². The Bertz CT molecular complexity index is 403. The predicted octanol–water partition coefficient (Wildman–Crippen LogP) is 3.95. The van der Waals surface area contributed by atoms with Crippen molar-refractivity contribution in [3.8, 4) is 0 Å². The van der Waals surface area contributed by atoms with Crippen molar-refractivity contribution in [1.82, 2.24) is 0 Å². The average Bonchev–Trinajstić information content (AvgIpc) is 2.76. The molecule has 1 unspecified atom stereocenters. The molecule has 0 aromatic carbocycles. The van der Waals surface area contributed by atoms with Crippen molar-refractivity contribution in [2.45, 2.75) is 64.4 Å². The molecule has 0 amide bonds. The van der Waals surface area contributed by atoms with Crippen LogP contribution in [-0.2, 0) is 5.60 Å². The summed E-state index contributed by atoms with van der Waals surface area (Å²) >= 11 is 1.67. The minimum absolute atomic E-state index is 0.150. The molecular weight excluding hydrogens is 254 g/mol. The second-order valence-electron chi connectivity index (χ2n) is 6.26. The van der Waals surface area contributed by atoms with Gasteiger partial charge in [-0.25, -0.2) is 0 Å². The van der Waals surface area contributed by atoms with Crippen LogP contribution in [-0.4, -0.2) is 11.7 Å². The van der Waals surface area contributed by atoms with Crippen LogP contribution in [0.25, 0.3) is 0 Å². The molecule has 2 rings (SSSR count). The molecule has 1 aliphatic rings. The largest absolute Gasteiger partial charge is 0.384 e. The Morgan fingerprint density at radius 1 is 1.26 bits per heavy atom. The zero-order valence-corrected chi connectivity index (χ0v) is 13.1. The van der Waals surface area contributed by atoms with E-state index >= 15 is 0 Å². The highest BCUT2D eigenvalue weighted by Gasteiger charge is 2.47. The van der Waals surface area contributed by atoms with E-state index < -0.39 is 5.60 Å². The molecule has 0 saturated heterocycles. The molecule has 1 heterocycles. The molecule has 2 nitrogen and oxygen atoms in total. The van der Waals surface area contributed by atoms with Gasteiger partial charge in [0.15, 0.2) is 0 Å². The number of aliphatic hydroxyl groups is 1. The summed E-state index contributed by atoms with van der Waals surface area (Å²) in [7, 11) is 0. The quantitative estimate of drug-likeness (QED) is 0.881. The Labute approximate surface area is 121 Å². The summed E-state index contributed by atoms with van der Waals surface area (Å²) < 4.78 is 0. The molecule has 1 fully saturated rings. The first-order chi connectivity index (χ1) is 9.03. The number of thiophene rings is 1. The highest BCUT2D eigenvalue weighted by Crippen LogP contribution is 2.49. The van der Waals surface area contributed by atoms with Gasteiger partial charge in [0.2, 0.25) is 0 Å². The maximum absolute atomic E-state index is 11.3. The molecule has 0 aliphatic heterocycles. The van der Waals surface area contributed by atoms with Crippen LogP contribution in [0.1, 0.15) is 62.3 Å². The van der Waals surface area contributed by atoms with E-state index in [-0.39, 0.29) is 5.41 Å². The molecule has 3 N–H and O–H groups in total. The number of nitrogens with two attached hydrogens (primary N) is 1. The fraction of sp³-hybridized carbons (Fsp3) is 0.750. The molecule has 0 bridgehead atoms. The smallest absolute Gasteiger partial charge is 0.103 e. The molecule has 1 aromatic rings. The zero-order chi connectivity index (χ0) is 13.9. The van der Waals surface area contributed by atoms with Crippen LogP contribution in [0, 0.1) is 12.3 Å². The lowest BCUT2D eigenvalue weighted by Gasteiger charge is -2.46. The van der Waals surface area contributed by atoms with Crippen LogP contribution >= 0.6 is 11.3 Å². The Morgan fingerprint density at radius 2 is 1.84 bits per heavy atom. The summed E-state index contributed by atoms with van der Waals surface area (Å²) in [5.74, 6) is 0. The summed E-state index contributed by atoms with van der Waals surface area (Å²) in [6, 6.07) is 2.10. The van der Waals surface area contributed by atoms with Crippen molar-refractivity contribution in [2.75, 3.05) is 6.54 Å². The van der Waals surface area contributed by atoms with E-state index in [1.807, 2.05) is 6.92 Å².